The van der Waals surface area contributed by atoms with E-state index in [0.717, 1.165) is 24.3 Å². The lowest BCUT2D eigenvalue weighted by atomic mass is 10.2. The zero-order chi connectivity index (χ0) is 21.7. The van der Waals surface area contributed by atoms with Crippen LogP contribution in [-0.2, 0) is 4.79 Å². The number of piperazine rings is 1. The molecule has 1 heterocycles. The van der Waals surface area contributed by atoms with Gasteiger partial charge in [-0.05, 0) is 42.8 Å². The standard InChI is InChI=1S/C22H27ClN4O3/c1-16-7-8-19(20(13-16)30-15-21(28)25(2)3)24-22(29)27-11-9-26(10-12-27)18-6-4-5-17(23)14-18/h4-8,13-14H,9-12,15H2,1-3H3,(H,24,29). The van der Waals surface area contributed by atoms with Crippen molar-refractivity contribution in [2.75, 3.05) is 57.1 Å². The van der Waals surface area contributed by atoms with E-state index >= 15 is 0 Å². The topological polar surface area (TPSA) is 65.1 Å². The molecule has 1 fully saturated rings. The summed E-state index contributed by atoms with van der Waals surface area (Å²) in [4.78, 5) is 30.1. The number of ether oxygens (including phenoxy) is 1. The molecular weight excluding hydrogens is 404 g/mol. The predicted molar refractivity (Wildman–Crippen MR) is 120 cm³/mol. The molecule has 160 valence electrons. The van der Waals surface area contributed by atoms with Crippen LogP contribution in [0.2, 0.25) is 5.02 Å². The molecule has 0 spiro atoms. The summed E-state index contributed by atoms with van der Waals surface area (Å²) in [6.45, 7) is 4.49. The summed E-state index contributed by atoms with van der Waals surface area (Å²) in [6, 6.07) is 13.1. The van der Waals surface area contributed by atoms with Crippen LogP contribution >= 0.6 is 11.6 Å². The molecule has 0 bridgehead atoms. The Balaban J connectivity index is 1.60. The van der Waals surface area contributed by atoms with Crippen molar-refractivity contribution in [1.82, 2.24) is 9.80 Å². The number of carbonyl (C=O) groups excluding carboxylic acids is 2. The Morgan fingerprint density at radius 3 is 2.50 bits per heavy atom. The smallest absolute Gasteiger partial charge is 0.322 e. The number of nitrogens with zero attached hydrogens (tertiary/aromatic N) is 3. The molecule has 3 amide bonds. The van der Waals surface area contributed by atoms with Crippen LogP contribution in [0, 0.1) is 6.92 Å². The van der Waals surface area contributed by atoms with Crippen molar-refractivity contribution in [2.24, 2.45) is 0 Å². The molecule has 1 N–H and O–H groups in total. The van der Waals surface area contributed by atoms with E-state index in [1.54, 1.807) is 25.1 Å². The minimum atomic E-state index is -0.187. The van der Waals surface area contributed by atoms with Gasteiger partial charge in [0.2, 0.25) is 0 Å². The number of benzene rings is 2. The second kappa shape index (κ2) is 9.71. The Morgan fingerprint density at radius 1 is 1.10 bits per heavy atom. The molecule has 2 aromatic rings. The molecule has 0 radical (unpaired) electrons. The van der Waals surface area contributed by atoms with Crippen LogP contribution in [0.1, 0.15) is 5.56 Å². The molecule has 0 unspecified atom stereocenters. The monoisotopic (exact) mass is 430 g/mol. The molecule has 0 aromatic heterocycles. The first kappa shape index (κ1) is 21.8. The summed E-state index contributed by atoms with van der Waals surface area (Å²) in [5.41, 5.74) is 2.59. The van der Waals surface area contributed by atoms with Gasteiger partial charge in [0, 0.05) is 51.0 Å². The lowest BCUT2D eigenvalue weighted by Crippen LogP contribution is -2.50. The second-order valence-corrected chi connectivity index (χ2v) is 7.90. The minimum Gasteiger partial charge on any atom is -0.482 e. The highest BCUT2D eigenvalue weighted by molar-refractivity contribution is 6.30. The predicted octanol–water partition coefficient (Wildman–Crippen LogP) is 3.47. The fraction of sp³-hybridized carbons (Fsp3) is 0.364. The second-order valence-electron chi connectivity index (χ2n) is 7.46. The Labute approximate surface area is 182 Å². The molecule has 1 aliphatic heterocycles. The molecule has 0 aliphatic carbocycles. The Kier molecular flexibility index (Phi) is 7.05. The number of amides is 3. The number of urea groups is 1. The summed E-state index contributed by atoms with van der Waals surface area (Å²) in [7, 11) is 3.35. The molecule has 0 atom stereocenters. The summed E-state index contributed by atoms with van der Waals surface area (Å²) in [5.74, 6) is 0.335. The van der Waals surface area contributed by atoms with Gasteiger partial charge in [-0.25, -0.2) is 4.79 Å². The van der Waals surface area contributed by atoms with Gasteiger partial charge in [-0.2, -0.15) is 0 Å². The third kappa shape index (κ3) is 5.57. The third-order valence-electron chi connectivity index (χ3n) is 4.97. The Hall–Kier alpha value is -2.93. The summed E-state index contributed by atoms with van der Waals surface area (Å²) < 4.78 is 5.67. The van der Waals surface area contributed by atoms with Crippen LogP contribution in [0.25, 0.3) is 0 Å². The SMILES string of the molecule is Cc1ccc(NC(=O)N2CCN(c3cccc(Cl)c3)CC2)c(OCC(=O)N(C)C)c1. The van der Waals surface area contributed by atoms with Gasteiger partial charge in [0.15, 0.2) is 6.61 Å². The van der Waals surface area contributed by atoms with Gasteiger partial charge in [-0.15, -0.1) is 0 Å². The Bertz CT molecular complexity index is 911. The third-order valence-corrected chi connectivity index (χ3v) is 5.20. The van der Waals surface area contributed by atoms with E-state index in [4.69, 9.17) is 16.3 Å². The number of aryl methyl sites for hydroxylation is 1. The number of nitrogens with one attached hydrogen (secondary N) is 1. The lowest BCUT2D eigenvalue weighted by Gasteiger charge is -2.36. The van der Waals surface area contributed by atoms with E-state index in [1.807, 2.05) is 43.3 Å². The van der Waals surface area contributed by atoms with E-state index in [2.05, 4.69) is 10.2 Å². The molecule has 1 aliphatic rings. The van der Waals surface area contributed by atoms with Crippen molar-refractivity contribution in [1.29, 1.82) is 0 Å². The highest BCUT2D eigenvalue weighted by Gasteiger charge is 2.22. The summed E-state index contributed by atoms with van der Waals surface area (Å²) in [5, 5.41) is 3.62. The molecule has 7 nitrogen and oxygen atoms in total. The van der Waals surface area contributed by atoms with Crippen LogP contribution in [0.3, 0.4) is 0 Å². The van der Waals surface area contributed by atoms with E-state index in [-0.39, 0.29) is 18.5 Å². The summed E-state index contributed by atoms with van der Waals surface area (Å²) >= 11 is 6.09. The van der Waals surface area contributed by atoms with Crippen LogP contribution < -0.4 is 15.0 Å². The molecule has 30 heavy (non-hydrogen) atoms. The normalized spacial score (nSPS) is 13.7. The highest BCUT2D eigenvalue weighted by Crippen LogP contribution is 2.27. The van der Waals surface area contributed by atoms with Crippen LogP contribution in [0.5, 0.6) is 5.75 Å². The van der Waals surface area contributed by atoms with Crippen LogP contribution in [0.4, 0.5) is 16.2 Å². The largest absolute Gasteiger partial charge is 0.482 e. The van der Waals surface area contributed by atoms with E-state index in [0.29, 0.717) is 29.5 Å². The van der Waals surface area contributed by atoms with Crippen molar-refractivity contribution in [3.8, 4) is 5.75 Å². The van der Waals surface area contributed by atoms with Crippen molar-refractivity contribution in [3.63, 3.8) is 0 Å². The van der Waals surface area contributed by atoms with Gasteiger partial charge in [-0.3, -0.25) is 4.79 Å². The fourth-order valence-electron chi connectivity index (χ4n) is 3.16. The maximum absolute atomic E-state index is 12.8. The number of carbonyl (C=O) groups is 2. The van der Waals surface area contributed by atoms with Crippen LogP contribution in [-0.4, -0.2) is 68.6 Å². The van der Waals surface area contributed by atoms with Gasteiger partial charge in [0.1, 0.15) is 5.75 Å². The van der Waals surface area contributed by atoms with Gasteiger partial charge >= 0.3 is 6.03 Å². The van der Waals surface area contributed by atoms with E-state index in [9.17, 15) is 9.59 Å². The lowest BCUT2D eigenvalue weighted by molar-refractivity contribution is -0.130. The highest BCUT2D eigenvalue weighted by atomic mass is 35.5. The molecule has 2 aromatic carbocycles. The molecule has 8 heteroatoms. The first-order valence-corrected chi connectivity index (χ1v) is 10.2. The number of halogens is 1. The molecular formula is C22H27ClN4O3. The molecule has 0 saturated carbocycles. The molecule has 3 rings (SSSR count). The average Bonchev–Trinajstić information content (AvgIpc) is 2.73. The van der Waals surface area contributed by atoms with E-state index in [1.165, 1.54) is 4.90 Å². The fourth-order valence-corrected chi connectivity index (χ4v) is 3.34. The van der Waals surface area contributed by atoms with Gasteiger partial charge in [0.05, 0.1) is 5.69 Å². The van der Waals surface area contributed by atoms with Gasteiger partial charge in [-0.1, -0.05) is 23.7 Å². The molecule has 1 saturated heterocycles. The first-order chi connectivity index (χ1) is 14.3. The zero-order valence-electron chi connectivity index (χ0n) is 17.5. The zero-order valence-corrected chi connectivity index (χ0v) is 18.3. The number of likely N-dealkylation sites (N-methyl/N-ethyl adjacent to an activating group) is 1. The number of anilines is 2. The minimum absolute atomic E-state index is 0.0857. The van der Waals surface area contributed by atoms with Crippen molar-refractivity contribution >= 4 is 34.9 Å². The van der Waals surface area contributed by atoms with Crippen LogP contribution in [0.15, 0.2) is 42.5 Å². The number of rotatable bonds is 5. The average molecular weight is 431 g/mol. The van der Waals surface area contributed by atoms with Gasteiger partial charge < -0.3 is 24.8 Å². The maximum atomic E-state index is 12.8. The van der Waals surface area contributed by atoms with Crippen molar-refractivity contribution in [3.05, 3.63) is 53.1 Å². The quantitative estimate of drug-likeness (QED) is 0.788. The maximum Gasteiger partial charge on any atom is 0.322 e. The summed E-state index contributed by atoms with van der Waals surface area (Å²) in [6.07, 6.45) is 0. The van der Waals surface area contributed by atoms with E-state index < -0.39 is 0 Å². The number of hydrogen-bond donors (Lipinski definition) is 1. The Morgan fingerprint density at radius 2 is 1.83 bits per heavy atom. The number of hydrogen-bond acceptors (Lipinski definition) is 4. The van der Waals surface area contributed by atoms with Crippen molar-refractivity contribution < 1.29 is 14.3 Å². The van der Waals surface area contributed by atoms with Crippen molar-refractivity contribution in [2.45, 2.75) is 6.92 Å². The van der Waals surface area contributed by atoms with Gasteiger partial charge in [0.25, 0.3) is 5.91 Å². The first-order valence-electron chi connectivity index (χ1n) is 9.83.